The lowest BCUT2D eigenvalue weighted by atomic mass is 10.2. The first-order valence-corrected chi connectivity index (χ1v) is 4.64. The molecule has 0 spiro atoms. The van der Waals surface area contributed by atoms with Gasteiger partial charge < -0.3 is 0 Å². The summed E-state index contributed by atoms with van der Waals surface area (Å²) in [4.78, 5) is 16.3. The highest BCUT2D eigenvalue weighted by molar-refractivity contribution is 6.02. The minimum absolute atomic E-state index is 0.144. The Morgan fingerprint density at radius 1 is 1.12 bits per heavy atom. The smallest absolute Gasteiger partial charge is 0.232 e. The molecule has 0 N–H and O–H groups in total. The van der Waals surface area contributed by atoms with Gasteiger partial charge in [-0.1, -0.05) is 0 Å². The van der Waals surface area contributed by atoms with Crippen LogP contribution in [0.5, 0.6) is 0 Å². The SMILES string of the molecule is N#Cc1ncc2ncc3ccncc3c2n1. The molecule has 74 valence electrons. The predicted molar refractivity (Wildman–Crippen MR) is 57.3 cm³/mol. The molecule has 16 heavy (non-hydrogen) atoms. The van der Waals surface area contributed by atoms with Gasteiger partial charge in [-0.05, 0) is 6.07 Å². The highest BCUT2D eigenvalue weighted by Gasteiger charge is 2.04. The van der Waals surface area contributed by atoms with E-state index >= 15 is 0 Å². The molecule has 0 saturated carbocycles. The Balaban J connectivity index is 2.53. The second-order valence-corrected chi connectivity index (χ2v) is 3.26. The third-order valence-corrected chi connectivity index (χ3v) is 2.32. The molecule has 3 aromatic rings. The molecule has 0 saturated heterocycles. The monoisotopic (exact) mass is 207 g/mol. The first-order chi connectivity index (χ1) is 7.88. The van der Waals surface area contributed by atoms with Crippen molar-refractivity contribution in [2.24, 2.45) is 0 Å². The largest absolute Gasteiger partial charge is 0.264 e. The summed E-state index contributed by atoms with van der Waals surface area (Å²) in [6.07, 6.45) is 6.71. The van der Waals surface area contributed by atoms with Crippen molar-refractivity contribution in [1.29, 1.82) is 5.26 Å². The summed E-state index contributed by atoms with van der Waals surface area (Å²) in [7, 11) is 0. The summed E-state index contributed by atoms with van der Waals surface area (Å²) >= 11 is 0. The average molecular weight is 207 g/mol. The molecule has 0 aliphatic rings. The van der Waals surface area contributed by atoms with E-state index < -0.39 is 0 Å². The minimum atomic E-state index is 0.144. The van der Waals surface area contributed by atoms with Crippen LogP contribution in [0.4, 0.5) is 0 Å². The zero-order valence-corrected chi connectivity index (χ0v) is 8.12. The van der Waals surface area contributed by atoms with E-state index in [-0.39, 0.29) is 5.82 Å². The maximum absolute atomic E-state index is 8.76. The van der Waals surface area contributed by atoms with Gasteiger partial charge in [0.1, 0.15) is 17.1 Å². The second-order valence-electron chi connectivity index (χ2n) is 3.26. The van der Waals surface area contributed by atoms with E-state index in [1.807, 2.05) is 12.1 Å². The Labute approximate surface area is 90.4 Å². The fourth-order valence-corrected chi connectivity index (χ4v) is 1.58. The highest BCUT2D eigenvalue weighted by atomic mass is 14.9. The maximum atomic E-state index is 8.76. The van der Waals surface area contributed by atoms with Crippen molar-refractivity contribution in [2.45, 2.75) is 0 Å². The van der Waals surface area contributed by atoms with E-state index in [0.29, 0.717) is 11.0 Å². The summed E-state index contributed by atoms with van der Waals surface area (Å²) < 4.78 is 0. The van der Waals surface area contributed by atoms with Crippen molar-refractivity contribution in [1.82, 2.24) is 19.9 Å². The first-order valence-electron chi connectivity index (χ1n) is 4.64. The van der Waals surface area contributed by atoms with Gasteiger partial charge in [-0.2, -0.15) is 5.26 Å². The van der Waals surface area contributed by atoms with Crippen LogP contribution in [-0.2, 0) is 0 Å². The zero-order valence-electron chi connectivity index (χ0n) is 8.12. The van der Waals surface area contributed by atoms with E-state index in [9.17, 15) is 0 Å². The van der Waals surface area contributed by atoms with Crippen molar-refractivity contribution >= 4 is 21.8 Å². The molecular weight excluding hydrogens is 202 g/mol. The molecule has 0 radical (unpaired) electrons. The van der Waals surface area contributed by atoms with Gasteiger partial charge in [0.25, 0.3) is 0 Å². The topological polar surface area (TPSA) is 75.3 Å². The first kappa shape index (κ1) is 8.68. The summed E-state index contributed by atoms with van der Waals surface area (Å²) in [6.45, 7) is 0. The number of aromatic nitrogens is 4. The quantitative estimate of drug-likeness (QED) is 0.521. The van der Waals surface area contributed by atoms with Crippen LogP contribution in [-0.4, -0.2) is 19.9 Å². The van der Waals surface area contributed by atoms with Gasteiger partial charge in [-0.25, -0.2) is 9.97 Å². The molecular formula is C11H5N5. The summed E-state index contributed by atoms with van der Waals surface area (Å²) in [6, 6.07) is 3.77. The lowest BCUT2D eigenvalue weighted by molar-refractivity contribution is 1.15. The van der Waals surface area contributed by atoms with Crippen LogP contribution in [0.15, 0.2) is 30.9 Å². The van der Waals surface area contributed by atoms with Crippen LogP contribution >= 0.6 is 0 Å². The number of nitriles is 1. The molecule has 0 aromatic carbocycles. The molecule has 0 bridgehead atoms. The van der Waals surface area contributed by atoms with Gasteiger partial charge >= 0.3 is 0 Å². The minimum Gasteiger partial charge on any atom is -0.264 e. The summed E-state index contributed by atoms with van der Waals surface area (Å²) in [5.74, 6) is 0.144. The molecule has 3 aromatic heterocycles. The van der Waals surface area contributed by atoms with Gasteiger partial charge in [0.15, 0.2) is 0 Å². The molecule has 3 rings (SSSR count). The number of hydrogen-bond acceptors (Lipinski definition) is 5. The maximum Gasteiger partial charge on any atom is 0.232 e. The van der Waals surface area contributed by atoms with Gasteiger partial charge in [-0.15, -0.1) is 0 Å². The van der Waals surface area contributed by atoms with E-state index in [1.165, 1.54) is 0 Å². The number of pyridine rings is 2. The predicted octanol–water partition coefficient (Wildman–Crippen LogP) is 1.44. The van der Waals surface area contributed by atoms with Crippen LogP contribution in [0.3, 0.4) is 0 Å². The number of nitrogens with zero attached hydrogens (tertiary/aromatic N) is 5. The van der Waals surface area contributed by atoms with Gasteiger partial charge in [0.2, 0.25) is 5.82 Å². The molecule has 0 unspecified atom stereocenters. The summed E-state index contributed by atoms with van der Waals surface area (Å²) in [5, 5.41) is 10.6. The Bertz CT molecular complexity index is 729. The van der Waals surface area contributed by atoms with E-state index in [1.54, 1.807) is 24.8 Å². The van der Waals surface area contributed by atoms with Crippen LogP contribution in [0.2, 0.25) is 0 Å². The van der Waals surface area contributed by atoms with Gasteiger partial charge in [0, 0.05) is 29.4 Å². The van der Waals surface area contributed by atoms with Crippen LogP contribution in [0, 0.1) is 11.3 Å². The van der Waals surface area contributed by atoms with E-state index in [0.717, 1.165) is 10.8 Å². The van der Waals surface area contributed by atoms with Crippen LogP contribution in [0.1, 0.15) is 5.82 Å². The van der Waals surface area contributed by atoms with Crippen LogP contribution in [0.25, 0.3) is 21.8 Å². The molecule has 5 heteroatoms. The van der Waals surface area contributed by atoms with Crippen molar-refractivity contribution in [3.05, 3.63) is 36.7 Å². The van der Waals surface area contributed by atoms with Crippen LogP contribution < -0.4 is 0 Å². The molecule has 0 amide bonds. The van der Waals surface area contributed by atoms with Crippen molar-refractivity contribution in [3.63, 3.8) is 0 Å². The van der Waals surface area contributed by atoms with Crippen molar-refractivity contribution < 1.29 is 0 Å². The molecule has 0 aliphatic heterocycles. The van der Waals surface area contributed by atoms with E-state index in [2.05, 4.69) is 19.9 Å². The van der Waals surface area contributed by atoms with Gasteiger partial charge in [0.05, 0.1) is 6.20 Å². The zero-order chi connectivity index (χ0) is 11.0. The standard InChI is InChI=1S/C11H5N5/c12-3-10-15-6-9-11(16-10)8-5-13-2-1-7(8)4-14-9/h1-2,4-6H. The third kappa shape index (κ3) is 1.17. The van der Waals surface area contributed by atoms with Crippen molar-refractivity contribution in [3.8, 4) is 6.07 Å². The molecule has 0 aliphatic carbocycles. The number of fused-ring (bicyclic) bond motifs is 3. The normalized spacial score (nSPS) is 10.4. The third-order valence-electron chi connectivity index (χ3n) is 2.32. The fourth-order valence-electron chi connectivity index (χ4n) is 1.58. The fraction of sp³-hybridized carbons (Fsp3) is 0. The average Bonchev–Trinajstić information content (AvgIpc) is 2.38. The number of rotatable bonds is 0. The Morgan fingerprint density at radius 3 is 2.94 bits per heavy atom. The Kier molecular flexibility index (Phi) is 1.74. The van der Waals surface area contributed by atoms with Gasteiger partial charge in [-0.3, -0.25) is 9.97 Å². The second kappa shape index (κ2) is 3.21. The lowest BCUT2D eigenvalue weighted by Gasteiger charge is -2.00. The molecule has 0 fully saturated rings. The summed E-state index contributed by atoms with van der Waals surface area (Å²) in [5.41, 5.74) is 1.33. The molecule has 0 atom stereocenters. The lowest BCUT2D eigenvalue weighted by Crippen LogP contribution is -1.92. The van der Waals surface area contributed by atoms with E-state index in [4.69, 9.17) is 5.26 Å². The molecule has 3 heterocycles. The Hall–Kier alpha value is -2.61. The highest BCUT2D eigenvalue weighted by Crippen LogP contribution is 2.19. The number of hydrogen-bond donors (Lipinski definition) is 0. The molecule has 5 nitrogen and oxygen atoms in total. The van der Waals surface area contributed by atoms with Crippen molar-refractivity contribution in [2.75, 3.05) is 0 Å². The Morgan fingerprint density at radius 2 is 2.06 bits per heavy atom.